The number of fused-ring (bicyclic) bond motifs is 1. The Balaban J connectivity index is 1.75. The first-order valence-electron chi connectivity index (χ1n) is 6.57. The molecule has 2 aromatic heterocycles. The van der Waals surface area contributed by atoms with Gasteiger partial charge in [-0.25, -0.2) is 9.78 Å². The number of hydrogen-bond donors (Lipinski definition) is 2. The summed E-state index contributed by atoms with van der Waals surface area (Å²) in [5.74, 6) is -0.233. The molecular weight excluding hydrogens is 300 g/mol. The number of hydrogen-bond acceptors (Lipinski definition) is 5. The average molecular weight is 310 g/mol. The molecule has 6 heteroatoms. The number of rotatable bonds is 2. The van der Waals surface area contributed by atoms with Crippen LogP contribution in [0.1, 0.15) is 0 Å². The molecule has 0 unspecified atom stereocenters. The van der Waals surface area contributed by atoms with Gasteiger partial charge in [-0.15, -0.1) is 11.3 Å². The molecule has 108 valence electrons. The minimum Gasteiger partial charge on any atom is -0.508 e. The fraction of sp³-hybridized carbons (Fsp3) is 0. The van der Waals surface area contributed by atoms with Crippen molar-refractivity contribution >= 4 is 22.4 Å². The molecule has 0 aliphatic heterocycles. The van der Waals surface area contributed by atoms with E-state index in [0.29, 0.717) is 11.1 Å². The molecule has 22 heavy (non-hydrogen) atoms. The van der Waals surface area contributed by atoms with Crippen molar-refractivity contribution < 1.29 is 9.52 Å². The summed E-state index contributed by atoms with van der Waals surface area (Å²) >= 11 is 1.52. The largest absolute Gasteiger partial charge is 0.508 e. The second-order valence-corrected chi connectivity index (χ2v) is 5.67. The predicted octanol–water partition coefficient (Wildman–Crippen LogP) is 3.62. The summed E-state index contributed by atoms with van der Waals surface area (Å²) in [6.45, 7) is 0. The Morgan fingerprint density at radius 2 is 1.86 bits per heavy atom. The van der Waals surface area contributed by atoms with Gasteiger partial charge < -0.3 is 9.52 Å². The van der Waals surface area contributed by atoms with Crippen molar-refractivity contribution in [3.05, 3.63) is 58.4 Å². The molecule has 0 spiro atoms. The van der Waals surface area contributed by atoms with E-state index in [0.717, 1.165) is 21.8 Å². The maximum Gasteiger partial charge on any atom is 0.417 e. The summed E-state index contributed by atoms with van der Waals surface area (Å²) in [6, 6.07) is 12.4. The minimum atomic E-state index is -0.463. The van der Waals surface area contributed by atoms with Gasteiger partial charge in [-0.1, -0.05) is 6.07 Å². The van der Waals surface area contributed by atoms with E-state index in [1.165, 1.54) is 11.3 Å². The highest BCUT2D eigenvalue weighted by molar-refractivity contribution is 7.13. The molecule has 2 N–H and O–H groups in total. The molecule has 0 atom stereocenters. The highest BCUT2D eigenvalue weighted by Gasteiger charge is 2.09. The summed E-state index contributed by atoms with van der Waals surface area (Å²) in [5, 5.41) is 12.2. The highest BCUT2D eigenvalue weighted by atomic mass is 32.1. The van der Waals surface area contributed by atoms with E-state index in [2.05, 4.69) is 9.97 Å². The summed E-state index contributed by atoms with van der Waals surface area (Å²) in [4.78, 5) is 18.4. The summed E-state index contributed by atoms with van der Waals surface area (Å²) in [5.41, 5.74) is 3.84. The zero-order chi connectivity index (χ0) is 15.1. The Hall–Kier alpha value is -2.86. The number of phenolic OH excluding ortho intramolecular Hbond substituents is 1. The predicted molar refractivity (Wildman–Crippen MR) is 85.0 cm³/mol. The lowest BCUT2D eigenvalue weighted by molar-refractivity contribution is 0.475. The quantitative estimate of drug-likeness (QED) is 0.592. The molecule has 4 aromatic rings. The second-order valence-electron chi connectivity index (χ2n) is 4.81. The minimum absolute atomic E-state index is 0.230. The molecule has 0 aliphatic carbocycles. The van der Waals surface area contributed by atoms with Crippen molar-refractivity contribution in [3.8, 4) is 27.6 Å². The Labute approximate surface area is 128 Å². The lowest BCUT2D eigenvalue weighted by Crippen LogP contribution is -1.92. The first-order chi connectivity index (χ1) is 10.7. The molecule has 2 heterocycles. The first-order valence-corrected chi connectivity index (χ1v) is 7.45. The summed E-state index contributed by atoms with van der Waals surface area (Å²) in [7, 11) is 0. The SMILES string of the molecule is O=c1[nH]c2ccc(-c3csc(-c4ccc(O)cc4)n3)cc2o1. The molecule has 0 aliphatic rings. The van der Waals surface area contributed by atoms with Crippen LogP contribution >= 0.6 is 11.3 Å². The standard InChI is InChI=1S/C16H10N2O3S/c19-11-4-1-9(2-5-11)15-17-13(8-22-15)10-3-6-12-14(7-10)21-16(20)18-12/h1-8,19H,(H,18,20). The van der Waals surface area contributed by atoms with Gasteiger partial charge >= 0.3 is 5.76 Å². The Kier molecular flexibility index (Phi) is 2.83. The zero-order valence-electron chi connectivity index (χ0n) is 11.2. The van der Waals surface area contributed by atoms with Gasteiger partial charge in [0.25, 0.3) is 0 Å². The Bertz CT molecular complexity index is 1010. The molecule has 5 nitrogen and oxygen atoms in total. The molecule has 0 saturated carbocycles. The number of oxazole rings is 1. The summed E-state index contributed by atoms with van der Waals surface area (Å²) < 4.78 is 5.07. The number of phenols is 1. The smallest absolute Gasteiger partial charge is 0.417 e. The van der Waals surface area contributed by atoms with Gasteiger partial charge in [0.1, 0.15) is 10.8 Å². The lowest BCUT2D eigenvalue weighted by Gasteiger charge is -1.97. The molecule has 4 rings (SSSR count). The van der Waals surface area contributed by atoms with Crippen LogP contribution in [0.4, 0.5) is 0 Å². The second kappa shape index (κ2) is 4.85. The number of aromatic amines is 1. The molecular formula is C16H10N2O3S. The van der Waals surface area contributed by atoms with Gasteiger partial charge in [0.2, 0.25) is 0 Å². The van der Waals surface area contributed by atoms with Crippen LogP contribution in [0.5, 0.6) is 5.75 Å². The molecule has 0 bridgehead atoms. The van der Waals surface area contributed by atoms with Crippen LogP contribution in [-0.4, -0.2) is 15.1 Å². The van der Waals surface area contributed by atoms with Crippen molar-refractivity contribution in [1.29, 1.82) is 0 Å². The maximum absolute atomic E-state index is 11.2. The molecule has 0 saturated heterocycles. The average Bonchev–Trinajstić information content (AvgIpc) is 3.12. The number of aromatic nitrogens is 2. The van der Waals surface area contributed by atoms with Gasteiger partial charge in [0.05, 0.1) is 11.2 Å². The van der Waals surface area contributed by atoms with Gasteiger partial charge in [-0.3, -0.25) is 4.98 Å². The number of H-pyrrole nitrogens is 1. The lowest BCUT2D eigenvalue weighted by atomic mass is 10.1. The maximum atomic E-state index is 11.2. The molecule has 2 aromatic carbocycles. The van der Waals surface area contributed by atoms with Crippen LogP contribution in [0.15, 0.2) is 57.1 Å². The van der Waals surface area contributed by atoms with Crippen LogP contribution in [0, 0.1) is 0 Å². The van der Waals surface area contributed by atoms with Crippen molar-refractivity contribution in [3.63, 3.8) is 0 Å². The highest BCUT2D eigenvalue weighted by Crippen LogP contribution is 2.30. The topological polar surface area (TPSA) is 79.1 Å². The van der Waals surface area contributed by atoms with Crippen LogP contribution in [0.25, 0.3) is 32.9 Å². The fourth-order valence-corrected chi connectivity index (χ4v) is 3.08. The number of aromatic hydroxyl groups is 1. The van der Waals surface area contributed by atoms with Gasteiger partial charge in [-0.2, -0.15) is 0 Å². The van der Waals surface area contributed by atoms with Crippen molar-refractivity contribution in [2.45, 2.75) is 0 Å². The van der Waals surface area contributed by atoms with Crippen LogP contribution in [0.2, 0.25) is 0 Å². The van der Waals surface area contributed by atoms with E-state index in [9.17, 15) is 9.90 Å². The molecule has 0 fully saturated rings. The number of thiazole rings is 1. The monoisotopic (exact) mass is 310 g/mol. The Morgan fingerprint density at radius 3 is 2.68 bits per heavy atom. The first kappa shape index (κ1) is 12.8. The zero-order valence-corrected chi connectivity index (χ0v) is 12.1. The normalized spacial score (nSPS) is 11.1. The van der Waals surface area contributed by atoms with Gasteiger partial charge in [0.15, 0.2) is 5.58 Å². The van der Waals surface area contributed by atoms with Crippen LogP contribution in [0.3, 0.4) is 0 Å². The fourth-order valence-electron chi connectivity index (χ4n) is 2.25. The third-order valence-electron chi connectivity index (χ3n) is 3.34. The third kappa shape index (κ3) is 2.19. The van der Waals surface area contributed by atoms with E-state index in [-0.39, 0.29) is 5.75 Å². The van der Waals surface area contributed by atoms with E-state index in [4.69, 9.17) is 4.42 Å². The van der Waals surface area contributed by atoms with E-state index in [1.807, 2.05) is 23.6 Å². The van der Waals surface area contributed by atoms with E-state index < -0.39 is 5.76 Å². The van der Waals surface area contributed by atoms with Crippen molar-refractivity contribution in [2.24, 2.45) is 0 Å². The number of benzene rings is 2. The van der Waals surface area contributed by atoms with Gasteiger partial charge in [-0.05, 0) is 36.4 Å². The third-order valence-corrected chi connectivity index (χ3v) is 4.23. The summed E-state index contributed by atoms with van der Waals surface area (Å²) in [6.07, 6.45) is 0. The number of nitrogens with zero attached hydrogens (tertiary/aromatic N) is 1. The van der Waals surface area contributed by atoms with E-state index in [1.54, 1.807) is 24.3 Å². The van der Waals surface area contributed by atoms with E-state index >= 15 is 0 Å². The van der Waals surface area contributed by atoms with Crippen LogP contribution < -0.4 is 5.76 Å². The number of nitrogens with one attached hydrogen (secondary N) is 1. The molecule has 0 radical (unpaired) electrons. The molecule has 0 amide bonds. The Morgan fingerprint density at radius 1 is 1.09 bits per heavy atom. The van der Waals surface area contributed by atoms with Crippen molar-refractivity contribution in [2.75, 3.05) is 0 Å². The van der Waals surface area contributed by atoms with Crippen molar-refractivity contribution in [1.82, 2.24) is 9.97 Å². The van der Waals surface area contributed by atoms with Gasteiger partial charge in [0, 0.05) is 16.5 Å². The van der Waals surface area contributed by atoms with Crippen LogP contribution in [-0.2, 0) is 0 Å².